The van der Waals surface area contributed by atoms with Gasteiger partial charge in [0.15, 0.2) is 0 Å². The number of unbranched alkanes of at least 4 members (excludes halogenated alkanes) is 1. The van der Waals surface area contributed by atoms with Gasteiger partial charge in [0, 0.05) is 0 Å². The van der Waals surface area contributed by atoms with E-state index in [1.807, 2.05) is 0 Å². The Kier molecular flexibility index (Phi) is 7.93. The summed E-state index contributed by atoms with van der Waals surface area (Å²) in [5, 5.41) is 11.1. The van der Waals surface area contributed by atoms with Crippen LogP contribution in [0, 0.1) is 0 Å². The van der Waals surface area contributed by atoms with Crippen LogP contribution in [0.1, 0.15) is 19.8 Å². The first kappa shape index (κ1) is 8.48. The summed E-state index contributed by atoms with van der Waals surface area (Å²) in [6.45, 7) is 2.60. The van der Waals surface area contributed by atoms with Crippen molar-refractivity contribution in [3.05, 3.63) is 0 Å². The van der Waals surface area contributed by atoms with Crippen LogP contribution in [-0.4, -0.2) is 26.7 Å². The number of rotatable bonds is 5. The fourth-order valence-electron chi connectivity index (χ4n) is 0.460. The van der Waals surface area contributed by atoms with Gasteiger partial charge in [-0.25, -0.2) is 0 Å². The van der Waals surface area contributed by atoms with E-state index < -0.39 is 0 Å². The molecule has 2 heteroatoms. The zero-order chi connectivity index (χ0) is 6.24. The van der Waals surface area contributed by atoms with E-state index in [4.69, 9.17) is 5.11 Å². The zero-order valence-corrected chi connectivity index (χ0v) is 7.10. The van der Waals surface area contributed by atoms with Crippen molar-refractivity contribution >= 4 is 15.0 Å². The molecule has 0 unspecified atom stereocenters. The summed E-state index contributed by atoms with van der Waals surface area (Å²) in [5.41, 5.74) is 0. The van der Waals surface area contributed by atoms with Gasteiger partial charge in [0.05, 0.1) is 0 Å². The molecule has 0 amide bonds. The van der Waals surface area contributed by atoms with Gasteiger partial charge in [0.1, 0.15) is 0 Å². The van der Waals surface area contributed by atoms with Crippen molar-refractivity contribution in [2.75, 3.05) is 6.61 Å². The third-order valence-corrected chi connectivity index (χ3v) is 2.97. The van der Waals surface area contributed by atoms with Gasteiger partial charge in [-0.05, 0) is 0 Å². The van der Waals surface area contributed by atoms with Gasteiger partial charge in [-0.2, -0.15) is 0 Å². The van der Waals surface area contributed by atoms with Crippen LogP contribution in [0.2, 0.25) is 10.6 Å². The summed E-state index contributed by atoms with van der Waals surface area (Å²) in [4.78, 5) is 0. The van der Waals surface area contributed by atoms with Crippen LogP contribution in [0.5, 0.6) is 0 Å². The summed E-state index contributed by atoms with van der Waals surface area (Å²) < 4.78 is 0. The van der Waals surface area contributed by atoms with Crippen molar-refractivity contribution in [3.63, 3.8) is 0 Å². The van der Waals surface area contributed by atoms with Crippen LogP contribution in [-0.2, 0) is 0 Å². The van der Waals surface area contributed by atoms with E-state index in [1.165, 1.54) is 17.1 Å². The molecule has 0 aromatic rings. The Morgan fingerprint density at radius 3 is 2.62 bits per heavy atom. The third kappa shape index (κ3) is 6.48. The average Bonchev–Trinajstić information content (AvgIpc) is 1.81. The summed E-state index contributed by atoms with van der Waals surface area (Å²) in [6.07, 6.45) is 2.23. The second-order valence-electron chi connectivity index (χ2n) is 1.63. The SMILES string of the molecule is CC[Se]CCCCO. The monoisotopic (exact) mass is 182 g/mol. The first-order valence-electron chi connectivity index (χ1n) is 3.10. The average molecular weight is 181 g/mol. The minimum atomic E-state index is 0.375. The Balaban J connectivity index is 2.53. The molecule has 0 saturated heterocycles. The van der Waals surface area contributed by atoms with Crippen molar-refractivity contribution in [2.24, 2.45) is 0 Å². The first-order chi connectivity index (χ1) is 3.91. The third-order valence-electron chi connectivity index (χ3n) is 0.901. The number of aliphatic hydroxyl groups excluding tert-OH is 1. The summed E-state index contributed by atoms with van der Waals surface area (Å²) in [6, 6.07) is 0. The Bertz CT molecular complexity index is 33.5. The molecule has 0 fully saturated rings. The molecule has 0 aliphatic heterocycles. The fourth-order valence-corrected chi connectivity index (χ4v) is 1.92. The van der Waals surface area contributed by atoms with Crippen molar-refractivity contribution in [1.29, 1.82) is 0 Å². The standard InChI is InChI=1S/C6H14OSe/c1-2-8-6-4-3-5-7/h7H,2-6H2,1H3. The van der Waals surface area contributed by atoms with Crippen molar-refractivity contribution < 1.29 is 5.11 Å². The molecule has 0 rings (SSSR count). The van der Waals surface area contributed by atoms with Gasteiger partial charge in [0.25, 0.3) is 0 Å². The molecule has 0 aliphatic carbocycles. The minimum absolute atomic E-state index is 0.375. The molecular formula is C6H14OSe. The number of hydrogen-bond acceptors (Lipinski definition) is 1. The van der Waals surface area contributed by atoms with E-state index in [2.05, 4.69) is 6.92 Å². The molecule has 0 aliphatic rings. The molecular weight excluding hydrogens is 167 g/mol. The molecule has 0 aromatic carbocycles. The van der Waals surface area contributed by atoms with Crippen molar-refractivity contribution in [2.45, 2.75) is 30.4 Å². The van der Waals surface area contributed by atoms with E-state index >= 15 is 0 Å². The Morgan fingerprint density at radius 2 is 2.12 bits per heavy atom. The van der Waals surface area contributed by atoms with E-state index in [0.29, 0.717) is 6.61 Å². The van der Waals surface area contributed by atoms with Gasteiger partial charge < -0.3 is 0 Å². The van der Waals surface area contributed by atoms with E-state index in [9.17, 15) is 0 Å². The molecule has 50 valence electrons. The van der Waals surface area contributed by atoms with Crippen LogP contribution in [0.25, 0.3) is 0 Å². The van der Waals surface area contributed by atoms with Crippen LogP contribution in [0.3, 0.4) is 0 Å². The second-order valence-corrected chi connectivity index (χ2v) is 4.55. The maximum atomic E-state index is 8.37. The Morgan fingerprint density at radius 1 is 1.38 bits per heavy atom. The van der Waals surface area contributed by atoms with E-state index in [1.54, 1.807) is 0 Å². The Labute approximate surface area is 57.6 Å². The molecule has 0 atom stereocenters. The normalized spacial score (nSPS) is 9.75. The van der Waals surface area contributed by atoms with Crippen LogP contribution >= 0.6 is 0 Å². The van der Waals surface area contributed by atoms with Crippen molar-refractivity contribution in [1.82, 2.24) is 0 Å². The summed E-state index contributed by atoms with van der Waals surface area (Å²) in [7, 11) is 0. The molecule has 0 saturated carbocycles. The van der Waals surface area contributed by atoms with Gasteiger partial charge in [0.2, 0.25) is 0 Å². The molecule has 0 spiro atoms. The predicted octanol–water partition coefficient (Wildman–Crippen LogP) is 1.32. The van der Waals surface area contributed by atoms with Crippen LogP contribution < -0.4 is 0 Å². The van der Waals surface area contributed by atoms with Crippen LogP contribution in [0.15, 0.2) is 0 Å². The van der Waals surface area contributed by atoms with Gasteiger partial charge in [-0.15, -0.1) is 0 Å². The van der Waals surface area contributed by atoms with Gasteiger partial charge >= 0.3 is 57.1 Å². The fraction of sp³-hybridized carbons (Fsp3) is 1.00. The zero-order valence-electron chi connectivity index (χ0n) is 5.39. The molecule has 0 heterocycles. The maximum absolute atomic E-state index is 8.37. The molecule has 0 radical (unpaired) electrons. The molecule has 0 aromatic heterocycles. The first-order valence-corrected chi connectivity index (χ1v) is 5.52. The molecule has 8 heavy (non-hydrogen) atoms. The van der Waals surface area contributed by atoms with Gasteiger partial charge in [-0.3, -0.25) is 0 Å². The summed E-state index contributed by atoms with van der Waals surface area (Å²) in [5.74, 6) is 0. The molecule has 1 nitrogen and oxygen atoms in total. The quantitative estimate of drug-likeness (QED) is 0.501. The Hall–Kier alpha value is 0.479. The molecule has 0 bridgehead atoms. The van der Waals surface area contributed by atoms with Crippen molar-refractivity contribution in [3.8, 4) is 0 Å². The number of aliphatic hydroxyl groups is 1. The summed E-state index contributed by atoms with van der Waals surface area (Å²) >= 11 is 0.856. The molecule has 1 N–H and O–H groups in total. The van der Waals surface area contributed by atoms with Crippen LogP contribution in [0.4, 0.5) is 0 Å². The predicted molar refractivity (Wildman–Crippen MR) is 37.4 cm³/mol. The second kappa shape index (κ2) is 7.48. The topological polar surface area (TPSA) is 20.2 Å². The number of hydrogen-bond donors (Lipinski definition) is 1. The van der Waals surface area contributed by atoms with E-state index in [0.717, 1.165) is 21.4 Å². The van der Waals surface area contributed by atoms with E-state index in [-0.39, 0.29) is 0 Å². The van der Waals surface area contributed by atoms with Gasteiger partial charge in [-0.1, -0.05) is 0 Å².